The number of hydrogen-bond donors (Lipinski definition) is 0. The molecule has 1 aromatic carbocycles. The molecular formula is C15H18N2O3. The van der Waals surface area contributed by atoms with Crippen molar-refractivity contribution in [3.8, 4) is 17.6 Å². The maximum atomic E-state index is 11.6. The van der Waals surface area contributed by atoms with Gasteiger partial charge in [0.15, 0.2) is 11.5 Å². The SMILES string of the molecule is COc1cc(C)ccc1OCCN1CC(C#N)CC1=O. The average Bonchev–Trinajstić information content (AvgIpc) is 2.81. The molecule has 0 bridgehead atoms. The third-order valence-electron chi connectivity index (χ3n) is 3.33. The van der Waals surface area contributed by atoms with Crippen LogP contribution in [0.15, 0.2) is 18.2 Å². The molecule has 1 unspecified atom stereocenters. The van der Waals surface area contributed by atoms with Gasteiger partial charge in [0, 0.05) is 13.0 Å². The van der Waals surface area contributed by atoms with Gasteiger partial charge < -0.3 is 14.4 Å². The van der Waals surface area contributed by atoms with Crippen LogP contribution >= 0.6 is 0 Å². The maximum Gasteiger partial charge on any atom is 0.224 e. The summed E-state index contributed by atoms with van der Waals surface area (Å²) in [4.78, 5) is 13.3. The molecular weight excluding hydrogens is 256 g/mol. The highest BCUT2D eigenvalue weighted by Gasteiger charge is 2.29. The molecule has 0 spiro atoms. The molecule has 0 N–H and O–H groups in total. The first kappa shape index (κ1) is 14.2. The van der Waals surface area contributed by atoms with Crippen molar-refractivity contribution in [3.05, 3.63) is 23.8 Å². The molecule has 5 heteroatoms. The number of hydrogen-bond acceptors (Lipinski definition) is 4. The zero-order valence-corrected chi connectivity index (χ0v) is 11.8. The minimum Gasteiger partial charge on any atom is -0.493 e. The van der Waals surface area contributed by atoms with Crippen molar-refractivity contribution < 1.29 is 14.3 Å². The molecule has 0 aromatic heterocycles. The molecule has 0 saturated carbocycles. The highest BCUT2D eigenvalue weighted by molar-refractivity contribution is 5.79. The molecule has 2 rings (SSSR count). The first-order valence-electron chi connectivity index (χ1n) is 6.59. The molecule has 1 aromatic rings. The lowest BCUT2D eigenvalue weighted by atomic mass is 10.1. The molecule has 5 nitrogen and oxygen atoms in total. The van der Waals surface area contributed by atoms with Crippen molar-refractivity contribution in [1.82, 2.24) is 4.90 Å². The molecule has 20 heavy (non-hydrogen) atoms. The van der Waals surface area contributed by atoms with E-state index in [4.69, 9.17) is 14.7 Å². The Balaban J connectivity index is 1.88. The van der Waals surface area contributed by atoms with Gasteiger partial charge in [0.25, 0.3) is 0 Å². The summed E-state index contributed by atoms with van der Waals surface area (Å²) >= 11 is 0. The number of aryl methyl sites for hydroxylation is 1. The Morgan fingerprint density at radius 1 is 1.45 bits per heavy atom. The number of nitriles is 1. The summed E-state index contributed by atoms with van der Waals surface area (Å²) < 4.78 is 10.9. The first-order valence-corrected chi connectivity index (χ1v) is 6.59. The minimum absolute atomic E-state index is 0.0241. The predicted octanol–water partition coefficient (Wildman–Crippen LogP) is 1.75. The molecule has 1 fully saturated rings. The Labute approximate surface area is 118 Å². The molecule has 0 aliphatic carbocycles. The first-order chi connectivity index (χ1) is 9.63. The predicted molar refractivity (Wildman–Crippen MR) is 73.5 cm³/mol. The van der Waals surface area contributed by atoms with Gasteiger partial charge in [-0.3, -0.25) is 4.79 Å². The van der Waals surface area contributed by atoms with E-state index < -0.39 is 0 Å². The van der Waals surface area contributed by atoms with Gasteiger partial charge in [-0.1, -0.05) is 6.07 Å². The van der Waals surface area contributed by atoms with E-state index >= 15 is 0 Å². The fourth-order valence-corrected chi connectivity index (χ4v) is 2.23. The fourth-order valence-electron chi connectivity index (χ4n) is 2.23. The summed E-state index contributed by atoms with van der Waals surface area (Å²) in [5.74, 6) is 1.20. The lowest BCUT2D eigenvalue weighted by Gasteiger charge is -2.17. The van der Waals surface area contributed by atoms with Crippen LogP contribution < -0.4 is 9.47 Å². The standard InChI is InChI=1S/C15H18N2O3/c1-11-3-4-13(14(7-11)19-2)20-6-5-17-10-12(9-16)8-15(17)18/h3-4,7,12H,5-6,8,10H2,1-2H3. The van der Waals surface area contributed by atoms with Crippen molar-refractivity contribution in [2.75, 3.05) is 26.8 Å². The number of carbonyl (C=O) groups excluding carboxylic acids is 1. The number of nitrogens with zero attached hydrogens (tertiary/aromatic N) is 2. The van der Waals surface area contributed by atoms with Gasteiger partial charge in [0.1, 0.15) is 6.61 Å². The van der Waals surface area contributed by atoms with E-state index in [1.807, 2.05) is 25.1 Å². The molecule has 106 valence electrons. The van der Waals surface area contributed by atoms with Gasteiger partial charge in [-0.15, -0.1) is 0 Å². The van der Waals surface area contributed by atoms with Gasteiger partial charge in [-0.2, -0.15) is 5.26 Å². The van der Waals surface area contributed by atoms with Crippen LogP contribution in [0.3, 0.4) is 0 Å². The van der Waals surface area contributed by atoms with E-state index in [0.717, 1.165) is 5.56 Å². The van der Waals surface area contributed by atoms with E-state index in [-0.39, 0.29) is 11.8 Å². The van der Waals surface area contributed by atoms with Crippen LogP contribution in [0, 0.1) is 24.2 Å². The number of likely N-dealkylation sites (tertiary alicyclic amines) is 1. The van der Waals surface area contributed by atoms with E-state index in [1.165, 1.54) is 0 Å². The van der Waals surface area contributed by atoms with Crippen LogP contribution in [0.25, 0.3) is 0 Å². The maximum absolute atomic E-state index is 11.6. The summed E-state index contributed by atoms with van der Waals surface area (Å²) in [6.07, 6.45) is 0.324. The van der Waals surface area contributed by atoms with Crippen molar-refractivity contribution in [3.63, 3.8) is 0 Å². The summed E-state index contributed by atoms with van der Waals surface area (Å²) in [5, 5.41) is 8.82. The Morgan fingerprint density at radius 2 is 2.25 bits per heavy atom. The second-order valence-corrected chi connectivity index (χ2v) is 4.87. The van der Waals surface area contributed by atoms with Crippen LogP contribution in [0.2, 0.25) is 0 Å². The zero-order valence-electron chi connectivity index (χ0n) is 11.8. The van der Waals surface area contributed by atoms with Crippen LogP contribution in [0.4, 0.5) is 0 Å². The third-order valence-corrected chi connectivity index (χ3v) is 3.33. The summed E-state index contributed by atoms with van der Waals surface area (Å²) in [6.45, 7) is 3.37. The van der Waals surface area contributed by atoms with Crippen molar-refractivity contribution in [1.29, 1.82) is 5.26 Å². The van der Waals surface area contributed by atoms with E-state index in [9.17, 15) is 4.79 Å². The normalized spacial score (nSPS) is 17.9. The lowest BCUT2D eigenvalue weighted by molar-refractivity contribution is -0.128. The number of benzene rings is 1. The van der Waals surface area contributed by atoms with Crippen LogP contribution in [-0.4, -0.2) is 37.6 Å². The minimum atomic E-state index is -0.184. The second-order valence-electron chi connectivity index (χ2n) is 4.87. The summed E-state index contributed by atoms with van der Waals surface area (Å²) in [5.41, 5.74) is 1.10. The smallest absolute Gasteiger partial charge is 0.224 e. The Bertz CT molecular complexity index is 536. The van der Waals surface area contributed by atoms with Crippen molar-refractivity contribution in [2.24, 2.45) is 5.92 Å². The van der Waals surface area contributed by atoms with E-state index in [0.29, 0.717) is 37.6 Å². The van der Waals surface area contributed by atoms with Crippen LogP contribution in [-0.2, 0) is 4.79 Å². The van der Waals surface area contributed by atoms with Crippen LogP contribution in [0.5, 0.6) is 11.5 Å². The van der Waals surface area contributed by atoms with E-state index in [1.54, 1.807) is 12.0 Å². The van der Waals surface area contributed by atoms with Crippen molar-refractivity contribution in [2.45, 2.75) is 13.3 Å². The molecule has 1 heterocycles. The van der Waals surface area contributed by atoms with Gasteiger partial charge in [-0.05, 0) is 24.6 Å². The quantitative estimate of drug-likeness (QED) is 0.820. The molecule has 1 amide bonds. The molecule has 1 aliphatic rings. The zero-order chi connectivity index (χ0) is 14.5. The Hall–Kier alpha value is -2.22. The highest BCUT2D eigenvalue weighted by atomic mass is 16.5. The number of amides is 1. The molecule has 0 radical (unpaired) electrons. The highest BCUT2D eigenvalue weighted by Crippen LogP contribution is 2.27. The number of methoxy groups -OCH3 is 1. The largest absolute Gasteiger partial charge is 0.493 e. The van der Waals surface area contributed by atoms with Gasteiger partial charge in [0.05, 0.1) is 25.6 Å². The topological polar surface area (TPSA) is 62.6 Å². The van der Waals surface area contributed by atoms with E-state index in [2.05, 4.69) is 6.07 Å². The molecule has 1 saturated heterocycles. The third kappa shape index (κ3) is 3.21. The molecule has 1 aliphatic heterocycles. The summed E-state index contributed by atoms with van der Waals surface area (Å²) in [6, 6.07) is 7.85. The summed E-state index contributed by atoms with van der Waals surface area (Å²) in [7, 11) is 1.60. The van der Waals surface area contributed by atoms with Gasteiger partial charge in [0.2, 0.25) is 5.91 Å². The lowest BCUT2D eigenvalue weighted by Crippen LogP contribution is -2.29. The molecule has 1 atom stereocenters. The average molecular weight is 274 g/mol. The fraction of sp³-hybridized carbons (Fsp3) is 0.467. The van der Waals surface area contributed by atoms with Gasteiger partial charge >= 0.3 is 0 Å². The Kier molecular flexibility index (Phi) is 4.46. The Morgan fingerprint density at radius 3 is 2.90 bits per heavy atom. The second kappa shape index (κ2) is 6.29. The number of ether oxygens (including phenoxy) is 2. The monoisotopic (exact) mass is 274 g/mol. The number of carbonyl (C=O) groups is 1. The van der Waals surface area contributed by atoms with Gasteiger partial charge in [-0.25, -0.2) is 0 Å². The van der Waals surface area contributed by atoms with Crippen molar-refractivity contribution >= 4 is 5.91 Å². The van der Waals surface area contributed by atoms with Crippen LogP contribution in [0.1, 0.15) is 12.0 Å². The number of rotatable bonds is 5.